The molecule has 1 unspecified atom stereocenters. The maximum absolute atomic E-state index is 13.3. The number of anilines is 1. The van der Waals surface area contributed by atoms with Gasteiger partial charge in [0.05, 0.1) is 19.8 Å². The van der Waals surface area contributed by atoms with E-state index in [1.807, 2.05) is 41.3 Å². The lowest BCUT2D eigenvalue weighted by molar-refractivity contribution is -0.139. The zero-order valence-corrected chi connectivity index (χ0v) is 18.5. The zero-order valence-electron chi connectivity index (χ0n) is 17.7. The fourth-order valence-corrected chi connectivity index (χ4v) is 4.51. The van der Waals surface area contributed by atoms with Gasteiger partial charge in [-0.15, -0.1) is 11.8 Å². The molecule has 0 bridgehead atoms. The van der Waals surface area contributed by atoms with Gasteiger partial charge in [-0.1, -0.05) is 12.1 Å². The topological polar surface area (TPSA) is 59.1 Å². The molecule has 1 aliphatic heterocycles. The smallest absolute Gasteiger partial charge is 0.318 e. The summed E-state index contributed by atoms with van der Waals surface area (Å²) in [5, 5.41) is -0.376. The number of rotatable bonds is 6. The van der Waals surface area contributed by atoms with Crippen molar-refractivity contribution in [2.45, 2.75) is 23.5 Å². The highest BCUT2D eigenvalue weighted by Crippen LogP contribution is 2.29. The van der Waals surface area contributed by atoms with E-state index in [1.54, 1.807) is 14.0 Å². The number of hydrogen-bond donors (Lipinski definition) is 0. The van der Waals surface area contributed by atoms with Gasteiger partial charge in [0.2, 0.25) is 0 Å². The summed E-state index contributed by atoms with van der Waals surface area (Å²) >= 11 is 1.36. The average molecular weight is 429 g/mol. The Kier molecular flexibility index (Phi) is 7.63. The molecule has 0 spiro atoms. The SMILES string of the molecule is COC(=O)C(C)Sc1ccccc1C(=O)N1CCCN(c2ccc(OC)cc2)CC1. The van der Waals surface area contributed by atoms with E-state index in [1.165, 1.54) is 18.9 Å². The lowest BCUT2D eigenvalue weighted by Crippen LogP contribution is -2.35. The van der Waals surface area contributed by atoms with Gasteiger partial charge in [0, 0.05) is 36.8 Å². The van der Waals surface area contributed by atoms with Crippen molar-refractivity contribution in [3.05, 3.63) is 54.1 Å². The van der Waals surface area contributed by atoms with E-state index in [9.17, 15) is 9.59 Å². The lowest BCUT2D eigenvalue weighted by Gasteiger charge is -2.24. The summed E-state index contributed by atoms with van der Waals surface area (Å²) in [6.45, 7) is 4.81. The molecule has 7 heteroatoms. The fraction of sp³-hybridized carbons (Fsp3) is 0.391. The third-order valence-electron chi connectivity index (χ3n) is 5.18. The Balaban J connectivity index is 1.69. The highest BCUT2D eigenvalue weighted by molar-refractivity contribution is 8.00. The summed E-state index contributed by atoms with van der Waals surface area (Å²) in [5.41, 5.74) is 1.77. The number of carbonyl (C=O) groups excluding carboxylic acids is 2. The largest absolute Gasteiger partial charge is 0.497 e. The Labute approximate surface area is 182 Å². The van der Waals surface area contributed by atoms with Crippen LogP contribution in [0.3, 0.4) is 0 Å². The summed E-state index contributed by atoms with van der Waals surface area (Å²) < 4.78 is 10.1. The summed E-state index contributed by atoms with van der Waals surface area (Å²) in [6, 6.07) is 15.5. The number of thioether (sulfide) groups is 1. The number of benzene rings is 2. The number of amides is 1. The second-order valence-electron chi connectivity index (χ2n) is 7.11. The molecule has 1 atom stereocenters. The van der Waals surface area contributed by atoms with Crippen molar-refractivity contribution < 1.29 is 19.1 Å². The molecular weight excluding hydrogens is 400 g/mol. The van der Waals surface area contributed by atoms with Gasteiger partial charge in [-0.3, -0.25) is 9.59 Å². The van der Waals surface area contributed by atoms with Gasteiger partial charge in [-0.05, 0) is 49.7 Å². The molecule has 1 aliphatic rings. The van der Waals surface area contributed by atoms with Gasteiger partial charge < -0.3 is 19.3 Å². The maximum Gasteiger partial charge on any atom is 0.318 e. The number of nitrogens with zero attached hydrogens (tertiary/aromatic N) is 2. The van der Waals surface area contributed by atoms with Crippen molar-refractivity contribution in [3.63, 3.8) is 0 Å². The number of methoxy groups -OCH3 is 2. The van der Waals surface area contributed by atoms with Crippen LogP contribution in [0.5, 0.6) is 5.75 Å². The Morgan fingerprint density at radius 3 is 2.40 bits per heavy atom. The van der Waals surface area contributed by atoms with E-state index >= 15 is 0 Å². The van der Waals surface area contributed by atoms with Crippen LogP contribution < -0.4 is 9.64 Å². The predicted octanol–water partition coefficient (Wildman–Crippen LogP) is 3.70. The normalized spacial score (nSPS) is 15.3. The third-order valence-corrected chi connectivity index (χ3v) is 6.33. The quantitative estimate of drug-likeness (QED) is 0.517. The van der Waals surface area contributed by atoms with Crippen LogP contribution in [0.2, 0.25) is 0 Å². The summed E-state index contributed by atoms with van der Waals surface area (Å²) in [6.07, 6.45) is 0.894. The molecule has 2 aromatic carbocycles. The minimum Gasteiger partial charge on any atom is -0.497 e. The molecule has 0 radical (unpaired) electrons. The molecule has 1 amide bonds. The first-order valence-electron chi connectivity index (χ1n) is 10.0. The van der Waals surface area contributed by atoms with Gasteiger partial charge in [-0.25, -0.2) is 0 Å². The second-order valence-corrected chi connectivity index (χ2v) is 8.49. The number of carbonyl (C=O) groups is 2. The molecule has 2 aromatic rings. The van der Waals surface area contributed by atoms with Crippen LogP contribution in [-0.4, -0.2) is 62.4 Å². The van der Waals surface area contributed by atoms with Gasteiger partial charge >= 0.3 is 5.97 Å². The van der Waals surface area contributed by atoms with Crippen molar-refractivity contribution in [2.75, 3.05) is 45.3 Å². The molecule has 1 heterocycles. The van der Waals surface area contributed by atoms with Crippen LogP contribution in [0.25, 0.3) is 0 Å². The summed E-state index contributed by atoms with van der Waals surface area (Å²) in [7, 11) is 3.04. The van der Waals surface area contributed by atoms with Gasteiger partial charge in [0.15, 0.2) is 0 Å². The Hall–Kier alpha value is -2.67. The van der Waals surface area contributed by atoms with Crippen LogP contribution in [0, 0.1) is 0 Å². The van der Waals surface area contributed by atoms with E-state index in [0.29, 0.717) is 18.7 Å². The van der Waals surface area contributed by atoms with Gasteiger partial charge in [0.25, 0.3) is 5.91 Å². The minimum absolute atomic E-state index is 0.00625. The molecule has 30 heavy (non-hydrogen) atoms. The van der Waals surface area contributed by atoms with E-state index < -0.39 is 0 Å². The van der Waals surface area contributed by atoms with E-state index in [2.05, 4.69) is 17.0 Å². The Bertz CT molecular complexity index is 872. The molecule has 3 rings (SSSR count). The van der Waals surface area contributed by atoms with Crippen molar-refractivity contribution in [1.29, 1.82) is 0 Å². The number of ether oxygens (including phenoxy) is 2. The first-order valence-corrected chi connectivity index (χ1v) is 10.9. The first-order chi connectivity index (χ1) is 14.5. The van der Waals surface area contributed by atoms with Crippen LogP contribution >= 0.6 is 11.8 Å². The van der Waals surface area contributed by atoms with Gasteiger partial charge in [-0.2, -0.15) is 0 Å². The molecular formula is C23H28N2O4S. The molecule has 1 fully saturated rings. The molecule has 160 valence electrons. The predicted molar refractivity (Wildman–Crippen MR) is 120 cm³/mol. The van der Waals surface area contributed by atoms with E-state index in [4.69, 9.17) is 9.47 Å². The fourth-order valence-electron chi connectivity index (χ4n) is 3.49. The second kappa shape index (κ2) is 10.4. The van der Waals surface area contributed by atoms with Crippen LogP contribution in [0.1, 0.15) is 23.7 Å². The summed E-state index contributed by atoms with van der Waals surface area (Å²) in [5.74, 6) is 0.541. The van der Waals surface area contributed by atoms with E-state index in [0.717, 1.165) is 35.8 Å². The highest BCUT2D eigenvalue weighted by atomic mass is 32.2. The number of hydrogen-bond acceptors (Lipinski definition) is 6. The van der Waals surface area contributed by atoms with Gasteiger partial charge in [0.1, 0.15) is 11.0 Å². The first kappa shape index (κ1) is 22.0. The highest BCUT2D eigenvalue weighted by Gasteiger charge is 2.24. The Morgan fingerprint density at radius 2 is 1.70 bits per heavy atom. The molecule has 1 saturated heterocycles. The van der Waals surface area contributed by atoms with Crippen molar-refractivity contribution in [2.24, 2.45) is 0 Å². The average Bonchev–Trinajstić information content (AvgIpc) is 3.05. The minimum atomic E-state index is -0.376. The molecule has 0 N–H and O–H groups in total. The summed E-state index contributed by atoms with van der Waals surface area (Å²) in [4.78, 5) is 30.1. The number of esters is 1. The lowest BCUT2D eigenvalue weighted by atomic mass is 10.2. The van der Waals surface area contributed by atoms with Crippen molar-refractivity contribution in [3.8, 4) is 5.75 Å². The molecule has 0 saturated carbocycles. The van der Waals surface area contributed by atoms with E-state index in [-0.39, 0.29) is 17.1 Å². The molecule has 0 aliphatic carbocycles. The third kappa shape index (κ3) is 5.27. The van der Waals surface area contributed by atoms with Crippen LogP contribution in [0.15, 0.2) is 53.4 Å². The molecule has 0 aromatic heterocycles. The van der Waals surface area contributed by atoms with Crippen molar-refractivity contribution >= 4 is 29.3 Å². The monoisotopic (exact) mass is 428 g/mol. The standard InChI is InChI=1S/C23H28N2O4S/c1-17(23(27)29-3)30-21-8-5-4-7-20(21)22(26)25-14-6-13-24(15-16-25)18-9-11-19(28-2)12-10-18/h4-5,7-12,17H,6,13-16H2,1-3H3. The van der Waals surface area contributed by atoms with Crippen LogP contribution in [0.4, 0.5) is 5.69 Å². The Morgan fingerprint density at radius 1 is 0.967 bits per heavy atom. The maximum atomic E-state index is 13.3. The van der Waals surface area contributed by atoms with Crippen molar-refractivity contribution in [1.82, 2.24) is 4.90 Å². The molecule has 6 nitrogen and oxygen atoms in total. The van der Waals surface area contributed by atoms with Crippen LogP contribution in [-0.2, 0) is 9.53 Å². The zero-order chi connectivity index (χ0) is 21.5.